The van der Waals surface area contributed by atoms with Gasteiger partial charge in [-0.15, -0.1) is 0 Å². The number of piperidine rings is 1. The lowest BCUT2D eigenvalue weighted by Gasteiger charge is -2.26. The van der Waals surface area contributed by atoms with Crippen molar-refractivity contribution in [2.24, 2.45) is 5.92 Å². The molecule has 0 aliphatic carbocycles. The molecule has 90 valence electrons. The summed E-state index contributed by atoms with van der Waals surface area (Å²) in [7, 11) is 0. The number of benzene rings is 1. The highest BCUT2D eigenvalue weighted by atomic mass is 19.1. The van der Waals surface area contributed by atoms with Crippen LogP contribution in [0.15, 0.2) is 28.7 Å². The normalized spacial score (nSPS) is 25.3. The second kappa shape index (κ2) is 4.15. The van der Waals surface area contributed by atoms with Crippen LogP contribution in [0.25, 0.3) is 11.0 Å². The monoisotopic (exact) mass is 233 g/mol. The van der Waals surface area contributed by atoms with E-state index in [0.29, 0.717) is 5.92 Å². The fraction of sp³-hybridized carbons (Fsp3) is 0.429. The Labute approximate surface area is 99.8 Å². The van der Waals surface area contributed by atoms with Crippen LogP contribution in [0.1, 0.15) is 31.6 Å². The van der Waals surface area contributed by atoms with Crippen LogP contribution in [0.3, 0.4) is 0 Å². The van der Waals surface area contributed by atoms with Crippen molar-refractivity contribution < 1.29 is 8.81 Å². The Hall–Kier alpha value is -1.35. The Bertz CT molecular complexity index is 534. The van der Waals surface area contributed by atoms with Gasteiger partial charge in [0.05, 0.1) is 6.04 Å². The van der Waals surface area contributed by atoms with Crippen LogP contribution in [-0.4, -0.2) is 6.54 Å². The van der Waals surface area contributed by atoms with Crippen LogP contribution in [0.4, 0.5) is 4.39 Å². The highest BCUT2D eigenvalue weighted by molar-refractivity contribution is 5.78. The van der Waals surface area contributed by atoms with E-state index in [2.05, 4.69) is 12.2 Å². The molecule has 0 spiro atoms. The van der Waals surface area contributed by atoms with E-state index in [9.17, 15) is 4.39 Å². The summed E-state index contributed by atoms with van der Waals surface area (Å²) in [5.41, 5.74) is 0.765. The predicted octanol–water partition coefficient (Wildman–Crippen LogP) is 3.63. The predicted molar refractivity (Wildman–Crippen MR) is 65.3 cm³/mol. The summed E-state index contributed by atoms with van der Waals surface area (Å²) in [5.74, 6) is 1.43. The summed E-state index contributed by atoms with van der Waals surface area (Å²) >= 11 is 0. The second-order valence-corrected chi connectivity index (χ2v) is 4.97. The Morgan fingerprint density at radius 2 is 2.24 bits per heavy atom. The minimum Gasteiger partial charge on any atom is -0.459 e. The molecule has 2 atom stereocenters. The molecule has 2 heterocycles. The molecule has 3 rings (SSSR count). The van der Waals surface area contributed by atoms with E-state index in [-0.39, 0.29) is 11.9 Å². The summed E-state index contributed by atoms with van der Waals surface area (Å²) in [6.45, 7) is 3.29. The average Bonchev–Trinajstić information content (AvgIpc) is 2.72. The lowest BCUT2D eigenvalue weighted by Crippen LogP contribution is -2.30. The van der Waals surface area contributed by atoms with Crippen LogP contribution in [-0.2, 0) is 0 Å². The summed E-state index contributed by atoms with van der Waals surface area (Å²) < 4.78 is 18.9. The standard InChI is InChI=1S/C14H16FNO/c1-9-4-5-16-12(6-9)14-8-10-7-11(15)2-3-13(10)17-14/h2-3,7-9,12,16H,4-6H2,1H3. The summed E-state index contributed by atoms with van der Waals surface area (Å²) in [6, 6.07) is 6.88. The molecule has 2 aromatic rings. The molecule has 17 heavy (non-hydrogen) atoms. The first-order valence-electron chi connectivity index (χ1n) is 6.15. The average molecular weight is 233 g/mol. The second-order valence-electron chi connectivity index (χ2n) is 4.97. The van der Waals surface area contributed by atoms with E-state index >= 15 is 0 Å². The smallest absolute Gasteiger partial charge is 0.134 e. The van der Waals surface area contributed by atoms with Crippen LogP contribution in [0, 0.1) is 11.7 Å². The van der Waals surface area contributed by atoms with Gasteiger partial charge in [-0.05, 0) is 49.6 Å². The fourth-order valence-electron chi connectivity index (χ4n) is 2.53. The van der Waals surface area contributed by atoms with Crippen LogP contribution < -0.4 is 5.32 Å². The maximum Gasteiger partial charge on any atom is 0.134 e. The Kier molecular flexibility index (Phi) is 2.63. The van der Waals surface area contributed by atoms with Crippen LogP contribution in [0.2, 0.25) is 0 Å². The SMILES string of the molecule is CC1CCNC(c2cc3cc(F)ccc3o2)C1. The first-order valence-corrected chi connectivity index (χ1v) is 6.15. The van der Waals surface area contributed by atoms with Gasteiger partial charge in [-0.3, -0.25) is 0 Å². The maximum absolute atomic E-state index is 13.1. The fourth-order valence-corrected chi connectivity index (χ4v) is 2.53. The molecule has 0 saturated carbocycles. The van der Waals surface area contributed by atoms with Gasteiger partial charge in [-0.25, -0.2) is 4.39 Å². The number of furan rings is 1. The van der Waals surface area contributed by atoms with Crippen molar-refractivity contribution >= 4 is 11.0 Å². The van der Waals surface area contributed by atoms with Crippen LogP contribution >= 0.6 is 0 Å². The first kappa shape index (κ1) is 10.8. The summed E-state index contributed by atoms with van der Waals surface area (Å²) in [5, 5.41) is 4.30. The van der Waals surface area contributed by atoms with E-state index in [4.69, 9.17) is 4.42 Å². The lowest BCUT2D eigenvalue weighted by atomic mass is 9.93. The number of rotatable bonds is 1. The minimum absolute atomic E-state index is 0.213. The van der Waals surface area contributed by atoms with Gasteiger partial charge < -0.3 is 9.73 Å². The molecule has 0 amide bonds. The molecule has 0 bridgehead atoms. The molecular weight excluding hydrogens is 217 g/mol. The minimum atomic E-state index is -0.213. The summed E-state index contributed by atoms with van der Waals surface area (Å²) in [6.07, 6.45) is 2.30. The number of nitrogens with one attached hydrogen (secondary N) is 1. The van der Waals surface area contributed by atoms with Gasteiger partial charge in [0, 0.05) is 5.39 Å². The Balaban J connectivity index is 1.94. The third-order valence-corrected chi connectivity index (χ3v) is 3.51. The van der Waals surface area contributed by atoms with Crippen molar-refractivity contribution in [3.8, 4) is 0 Å². The summed E-state index contributed by atoms with van der Waals surface area (Å²) in [4.78, 5) is 0. The molecule has 1 saturated heterocycles. The number of fused-ring (bicyclic) bond motifs is 1. The molecule has 3 heteroatoms. The van der Waals surface area contributed by atoms with Gasteiger partial charge in [-0.1, -0.05) is 6.92 Å². The number of hydrogen-bond acceptors (Lipinski definition) is 2. The first-order chi connectivity index (χ1) is 8.22. The van der Waals surface area contributed by atoms with Crippen LogP contribution in [0.5, 0.6) is 0 Å². The van der Waals surface area contributed by atoms with Gasteiger partial charge in [0.1, 0.15) is 17.2 Å². The largest absolute Gasteiger partial charge is 0.459 e. The Morgan fingerprint density at radius 1 is 1.35 bits per heavy atom. The van der Waals surface area contributed by atoms with Crippen molar-refractivity contribution in [2.45, 2.75) is 25.8 Å². The van der Waals surface area contributed by atoms with Gasteiger partial charge in [0.25, 0.3) is 0 Å². The van der Waals surface area contributed by atoms with E-state index in [0.717, 1.165) is 29.7 Å². The molecule has 1 aromatic heterocycles. The molecule has 2 unspecified atom stereocenters. The molecule has 1 N–H and O–H groups in total. The van der Waals surface area contributed by atoms with Crippen molar-refractivity contribution in [1.29, 1.82) is 0 Å². The topological polar surface area (TPSA) is 25.2 Å². The quantitative estimate of drug-likeness (QED) is 0.813. The van der Waals surface area contributed by atoms with E-state index in [1.54, 1.807) is 6.07 Å². The van der Waals surface area contributed by atoms with Crippen molar-refractivity contribution in [2.75, 3.05) is 6.54 Å². The van der Waals surface area contributed by atoms with Crippen molar-refractivity contribution in [1.82, 2.24) is 5.32 Å². The van der Waals surface area contributed by atoms with Crippen molar-refractivity contribution in [3.63, 3.8) is 0 Å². The zero-order valence-electron chi connectivity index (χ0n) is 9.87. The van der Waals surface area contributed by atoms with Gasteiger partial charge in [-0.2, -0.15) is 0 Å². The number of hydrogen-bond donors (Lipinski definition) is 1. The van der Waals surface area contributed by atoms with Gasteiger partial charge in [0.2, 0.25) is 0 Å². The zero-order valence-corrected chi connectivity index (χ0v) is 9.87. The maximum atomic E-state index is 13.1. The number of halogens is 1. The van der Waals surface area contributed by atoms with Gasteiger partial charge >= 0.3 is 0 Å². The molecule has 1 fully saturated rings. The van der Waals surface area contributed by atoms with Crippen molar-refractivity contribution in [3.05, 3.63) is 35.8 Å². The highest BCUT2D eigenvalue weighted by Crippen LogP contribution is 2.31. The Morgan fingerprint density at radius 3 is 3.06 bits per heavy atom. The third-order valence-electron chi connectivity index (χ3n) is 3.51. The molecular formula is C14H16FNO. The van der Waals surface area contributed by atoms with Gasteiger partial charge in [0.15, 0.2) is 0 Å². The van der Waals surface area contributed by atoms with E-state index in [1.165, 1.54) is 18.6 Å². The molecule has 1 aliphatic heterocycles. The molecule has 1 aliphatic rings. The molecule has 2 nitrogen and oxygen atoms in total. The van der Waals surface area contributed by atoms with E-state index < -0.39 is 0 Å². The molecule has 0 radical (unpaired) electrons. The lowest BCUT2D eigenvalue weighted by molar-refractivity contribution is 0.294. The molecule has 1 aromatic carbocycles. The zero-order chi connectivity index (χ0) is 11.8. The third kappa shape index (κ3) is 2.07. The highest BCUT2D eigenvalue weighted by Gasteiger charge is 2.22. The van der Waals surface area contributed by atoms with E-state index in [1.807, 2.05) is 6.07 Å².